The van der Waals surface area contributed by atoms with Gasteiger partial charge >= 0.3 is 0 Å². The van der Waals surface area contributed by atoms with Crippen LogP contribution in [0, 0.1) is 17.3 Å². The maximum atomic E-state index is 12.9. The third-order valence-electron chi connectivity index (χ3n) is 6.69. The highest BCUT2D eigenvalue weighted by Gasteiger charge is 2.50. The lowest BCUT2D eigenvalue weighted by Crippen LogP contribution is -2.38. The highest BCUT2D eigenvalue weighted by atomic mass is 16.5. The zero-order chi connectivity index (χ0) is 17.4. The van der Waals surface area contributed by atoms with Crippen LogP contribution in [0.4, 0.5) is 0 Å². The Labute approximate surface area is 151 Å². The summed E-state index contributed by atoms with van der Waals surface area (Å²) in [6.45, 7) is 4.84. The van der Waals surface area contributed by atoms with Crippen molar-refractivity contribution < 1.29 is 9.53 Å². The van der Waals surface area contributed by atoms with E-state index in [1.807, 2.05) is 0 Å². The van der Waals surface area contributed by atoms with Gasteiger partial charge in [0.05, 0.1) is 6.61 Å². The van der Waals surface area contributed by atoms with E-state index in [-0.39, 0.29) is 5.41 Å². The molecule has 3 aliphatic rings. The van der Waals surface area contributed by atoms with E-state index in [0.717, 1.165) is 52.0 Å². The fourth-order valence-electron chi connectivity index (χ4n) is 5.47. The monoisotopic (exact) mass is 342 g/mol. The molecule has 1 amide bonds. The molecule has 2 saturated heterocycles. The maximum absolute atomic E-state index is 12.9. The third-order valence-corrected chi connectivity index (χ3v) is 6.69. The average Bonchev–Trinajstić information content (AvgIpc) is 3.26. The highest BCUT2D eigenvalue weighted by Crippen LogP contribution is 2.44. The first-order valence-electron chi connectivity index (χ1n) is 9.62. The molecule has 4 nitrogen and oxygen atoms in total. The van der Waals surface area contributed by atoms with Crippen molar-refractivity contribution in [3.05, 3.63) is 35.4 Å². The second-order valence-corrected chi connectivity index (χ2v) is 8.52. The summed E-state index contributed by atoms with van der Waals surface area (Å²) in [5.41, 5.74) is 3.13. The quantitative estimate of drug-likeness (QED) is 0.841. The molecular weight excluding hydrogens is 312 g/mol. The van der Waals surface area contributed by atoms with Gasteiger partial charge < -0.3 is 14.5 Å². The predicted molar refractivity (Wildman–Crippen MR) is 98.5 cm³/mol. The first-order chi connectivity index (χ1) is 12.1. The fourth-order valence-corrected chi connectivity index (χ4v) is 5.47. The van der Waals surface area contributed by atoms with Gasteiger partial charge in [-0.25, -0.2) is 0 Å². The molecule has 0 radical (unpaired) electrons. The van der Waals surface area contributed by atoms with Crippen LogP contribution in [0.15, 0.2) is 24.3 Å². The summed E-state index contributed by atoms with van der Waals surface area (Å²) in [4.78, 5) is 17.5. The number of amides is 1. The van der Waals surface area contributed by atoms with Crippen LogP contribution in [-0.2, 0) is 22.4 Å². The lowest BCUT2D eigenvalue weighted by molar-refractivity contribution is -0.131. The number of carbonyl (C=O) groups is 1. The molecule has 4 rings (SSSR count). The number of carbonyl (C=O) groups excluding carboxylic acids is 1. The van der Waals surface area contributed by atoms with Crippen LogP contribution in [0.5, 0.6) is 0 Å². The van der Waals surface area contributed by atoms with Crippen molar-refractivity contribution in [2.45, 2.75) is 25.7 Å². The molecule has 1 aromatic carbocycles. The van der Waals surface area contributed by atoms with Gasteiger partial charge in [-0.1, -0.05) is 24.3 Å². The van der Waals surface area contributed by atoms with Crippen LogP contribution < -0.4 is 0 Å². The highest BCUT2D eigenvalue weighted by molar-refractivity contribution is 5.77. The topological polar surface area (TPSA) is 32.8 Å². The molecule has 136 valence electrons. The Morgan fingerprint density at radius 2 is 1.96 bits per heavy atom. The molecule has 0 bridgehead atoms. The van der Waals surface area contributed by atoms with Gasteiger partial charge in [-0.15, -0.1) is 0 Å². The van der Waals surface area contributed by atoms with E-state index >= 15 is 0 Å². The van der Waals surface area contributed by atoms with Crippen molar-refractivity contribution in [1.82, 2.24) is 9.80 Å². The number of rotatable bonds is 4. The summed E-state index contributed by atoms with van der Waals surface area (Å²) in [7, 11) is 3.99. The molecule has 4 heteroatoms. The van der Waals surface area contributed by atoms with Crippen LogP contribution in [0.3, 0.4) is 0 Å². The number of hydrogen-bond donors (Lipinski definition) is 0. The Morgan fingerprint density at radius 1 is 1.24 bits per heavy atom. The number of methoxy groups -OCH3 is 1. The molecule has 2 atom stereocenters. The normalized spacial score (nSPS) is 29.7. The second kappa shape index (κ2) is 6.73. The summed E-state index contributed by atoms with van der Waals surface area (Å²) >= 11 is 0. The van der Waals surface area contributed by atoms with Crippen LogP contribution in [0.25, 0.3) is 0 Å². The Kier molecular flexibility index (Phi) is 4.59. The minimum absolute atomic E-state index is 0.249. The van der Waals surface area contributed by atoms with E-state index in [4.69, 9.17) is 4.74 Å². The minimum atomic E-state index is 0.249. The van der Waals surface area contributed by atoms with E-state index in [2.05, 4.69) is 41.1 Å². The molecule has 0 N–H and O–H groups in total. The molecule has 1 aliphatic carbocycles. The van der Waals surface area contributed by atoms with E-state index in [0.29, 0.717) is 24.2 Å². The van der Waals surface area contributed by atoms with Gasteiger partial charge in [0.25, 0.3) is 0 Å². The molecular formula is C21H30N2O2. The molecule has 25 heavy (non-hydrogen) atoms. The maximum Gasteiger partial charge on any atom is 0.222 e. The van der Waals surface area contributed by atoms with Crippen molar-refractivity contribution in [1.29, 1.82) is 0 Å². The van der Waals surface area contributed by atoms with E-state index in [9.17, 15) is 4.79 Å². The average molecular weight is 342 g/mol. The fraction of sp³-hybridized carbons (Fsp3) is 0.667. The molecule has 2 heterocycles. The number of hydrogen-bond acceptors (Lipinski definition) is 3. The third kappa shape index (κ3) is 3.22. The molecule has 0 unspecified atom stereocenters. The number of nitrogens with zero attached hydrogens (tertiary/aromatic N) is 2. The van der Waals surface area contributed by atoms with Crippen molar-refractivity contribution in [3.8, 4) is 0 Å². The molecule has 0 aromatic heterocycles. The van der Waals surface area contributed by atoms with Gasteiger partial charge in [0.15, 0.2) is 0 Å². The van der Waals surface area contributed by atoms with Gasteiger partial charge in [0.2, 0.25) is 5.91 Å². The summed E-state index contributed by atoms with van der Waals surface area (Å²) < 4.78 is 5.47. The predicted octanol–water partition coefficient (Wildman–Crippen LogP) is 2.22. The summed E-state index contributed by atoms with van der Waals surface area (Å²) in [5.74, 6) is 1.40. The zero-order valence-electron chi connectivity index (χ0n) is 15.5. The number of likely N-dealkylation sites (tertiary alicyclic amines) is 2. The van der Waals surface area contributed by atoms with Crippen molar-refractivity contribution >= 4 is 5.91 Å². The van der Waals surface area contributed by atoms with Gasteiger partial charge in [-0.2, -0.15) is 0 Å². The standard InChI is InChI=1S/C21H30N2O2/c1-22-12-19(13-25-2)21(14-22)7-8-23(15-21)20(24)11-16-9-17-5-3-4-6-18(17)10-16/h3-6,16,19H,7-15H2,1-2H3/t19-,21-/m1/s1. The van der Waals surface area contributed by atoms with Crippen molar-refractivity contribution in [2.75, 3.05) is 46.9 Å². The van der Waals surface area contributed by atoms with E-state index in [1.165, 1.54) is 11.1 Å². The Morgan fingerprint density at radius 3 is 2.64 bits per heavy atom. The molecule has 1 aromatic rings. The number of benzene rings is 1. The lowest BCUT2D eigenvalue weighted by atomic mass is 9.77. The molecule has 2 fully saturated rings. The SMILES string of the molecule is COC[C@H]1CN(C)C[C@@]12CCN(C(=O)CC1Cc3ccccc3C1)C2. The smallest absolute Gasteiger partial charge is 0.222 e. The van der Waals surface area contributed by atoms with Crippen LogP contribution in [-0.4, -0.2) is 62.7 Å². The van der Waals surface area contributed by atoms with Crippen LogP contribution in [0.1, 0.15) is 24.0 Å². The van der Waals surface area contributed by atoms with Crippen molar-refractivity contribution in [3.63, 3.8) is 0 Å². The Hall–Kier alpha value is -1.39. The summed E-state index contributed by atoms with van der Waals surface area (Å²) in [6, 6.07) is 8.66. The van der Waals surface area contributed by atoms with Gasteiger partial charge in [0.1, 0.15) is 0 Å². The minimum Gasteiger partial charge on any atom is -0.384 e. The molecule has 0 saturated carbocycles. The first-order valence-corrected chi connectivity index (χ1v) is 9.62. The van der Waals surface area contributed by atoms with Gasteiger partial charge in [0, 0.05) is 51.0 Å². The van der Waals surface area contributed by atoms with Gasteiger partial charge in [-0.05, 0) is 43.4 Å². The Balaban J connectivity index is 1.37. The number of ether oxygens (including phenoxy) is 1. The zero-order valence-corrected chi connectivity index (χ0v) is 15.5. The number of fused-ring (bicyclic) bond motifs is 1. The largest absolute Gasteiger partial charge is 0.384 e. The second-order valence-electron chi connectivity index (χ2n) is 8.52. The van der Waals surface area contributed by atoms with Crippen LogP contribution >= 0.6 is 0 Å². The Bertz CT molecular complexity index is 622. The van der Waals surface area contributed by atoms with Crippen LogP contribution in [0.2, 0.25) is 0 Å². The van der Waals surface area contributed by atoms with E-state index in [1.54, 1.807) is 7.11 Å². The lowest BCUT2D eigenvalue weighted by Gasteiger charge is -2.30. The first kappa shape index (κ1) is 17.0. The summed E-state index contributed by atoms with van der Waals surface area (Å²) in [6.07, 6.45) is 3.96. The summed E-state index contributed by atoms with van der Waals surface area (Å²) in [5, 5.41) is 0. The van der Waals surface area contributed by atoms with E-state index < -0.39 is 0 Å². The molecule has 1 spiro atoms. The molecule has 2 aliphatic heterocycles. The van der Waals surface area contributed by atoms with Crippen molar-refractivity contribution in [2.24, 2.45) is 17.3 Å². The van der Waals surface area contributed by atoms with Gasteiger partial charge in [-0.3, -0.25) is 4.79 Å².